The first-order chi connectivity index (χ1) is 15.2. The number of hydrogen-bond acceptors (Lipinski definition) is 3. The molecule has 160 valence electrons. The number of rotatable bonds is 7. The monoisotopic (exact) mass is 415 g/mol. The van der Waals surface area contributed by atoms with Crippen molar-refractivity contribution in [2.45, 2.75) is 37.8 Å². The van der Waals surface area contributed by atoms with Crippen LogP contribution in [0.5, 0.6) is 0 Å². The molecule has 1 aliphatic carbocycles. The van der Waals surface area contributed by atoms with Crippen molar-refractivity contribution in [1.29, 1.82) is 0 Å². The fourth-order valence-corrected chi connectivity index (χ4v) is 4.94. The van der Waals surface area contributed by atoms with E-state index >= 15 is 0 Å². The van der Waals surface area contributed by atoms with Crippen molar-refractivity contribution in [2.24, 2.45) is 11.8 Å². The number of nitrogens with one attached hydrogen (secondary N) is 2. The lowest BCUT2D eigenvalue weighted by atomic mass is 10.0. The van der Waals surface area contributed by atoms with E-state index in [0.29, 0.717) is 18.4 Å². The summed E-state index contributed by atoms with van der Waals surface area (Å²) in [6, 6.07) is 18.1. The predicted molar refractivity (Wildman–Crippen MR) is 122 cm³/mol. The molecule has 2 heterocycles. The molecular formula is C26H29N3O2. The van der Waals surface area contributed by atoms with Crippen LogP contribution in [0.2, 0.25) is 0 Å². The highest BCUT2D eigenvalue weighted by atomic mass is 16.2. The van der Waals surface area contributed by atoms with Crippen molar-refractivity contribution < 1.29 is 9.59 Å². The Morgan fingerprint density at radius 1 is 1.13 bits per heavy atom. The lowest BCUT2D eigenvalue weighted by Gasteiger charge is -2.20. The van der Waals surface area contributed by atoms with Gasteiger partial charge in [-0.3, -0.25) is 9.59 Å². The number of piperidine rings is 1. The maximum atomic E-state index is 12.9. The molecular weight excluding hydrogens is 386 g/mol. The second-order valence-corrected chi connectivity index (χ2v) is 8.91. The SMILES string of the molecule is O=C(N[C@H](/C=C/C(=O)N1CCc2ccccc21)CCc1ccccc1)C1NC[C@H]2C[C@@H]12. The van der Waals surface area contributed by atoms with Crippen LogP contribution in [0, 0.1) is 11.8 Å². The van der Waals surface area contributed by atoms with Gasteiger partial charge in [0, 0.05) is 24.4 Å². The Kier molecular flexibility index (Phi) is 5.60. The first-order valence-electron chi connectivity index (χ1n) is 11.3. The molecule has 1 saturated carbocycles. The molecule has 1 saturated heterocycles. The molecule has 2 amide bonds. The molecule has 5 heteroatoms. The van der Waals surface area contributed by atoms with Crippen LogP contribution >= 0.6 is 0 Å². The number of carbonyl (C=O) groups excluding carboxylic acids is 2. The van der Waals surface area contributed by atoms with Crippen molar-refractivity contribution in [2.75, 3.05) is 18.0 Å². The van der Waals surface area contributed by atoms with Gasteiger partial charge in [0.2, 0.25) is 5.91 Å². The van der Waals surface area contributed by atoms with Crippen molar-refractivity contribution >= 4 is 17.5 Å². The molecule has 4 atom stereocenters. The quantitative estimate of drug-likeness (QED) is 0.684. The molecule has 5 rings (SSSR count). The van der Waals surface area contributed by atoms with E-state index in [9.17, 15) is 9.59 Å². The number of benzene rings is 2. The summed E-state index contributed by atoms with van der Waals surface area (Å²) in [5.74, 6) is 1.20. The third-order valence-electron chi connectivity index (χ3n) is 6.83. The average Bonchev–Trinajstić information content (AvgIpc) is 3.25. The van der Waals surface area contributed by atoms with Gasteiger partial charge in [-0.2, -0.15) is 0 Å². The van der Waals surface area contributed by atoms with Crippen LogP contribution in [0.15, 0.2) is 66.7 Å². The summed E-state index contributed by atoms with van der Waals surface area (Å²) in [6.45, 7) is 1.65. The maximum Gasteiger partial charge on any atom is 0.250 e. The van der Waals surface area contributed by atoms with Crippen molar-refractivity contribution in [3.05, 3.63) is 77.9 Å². The number of carbonyl (C=O) groups is 2. The first kappa shape index (κ1) is 20.0. The van der Waals surface area contributed by atoms with Gasteiger partial charge in [-0.05, 0) is 61.3 Å². The molecule has 0 aromatic heterocycles. The standard InChI is InChI=1S/C26H29N3O2/c30-24(29-15-14-19-8-4-5-9-23(19)29)13-12-21(11-10-18-6-2-1-3-7-18)28-26(31)25-22-16-20(22)17-27-25/h1-9,12-13,20-22,25,27H,10-11,14-17H2,(H,28,31)/b13-12+/t20-,21+,22-,25?/m1/s1. The summed E-state index contributed by atoms with van der Waals surface area (Å²) in [5.41, 5.74) is 3.44. The van der Waals surface area contributed by atoms with Crippen LogP contribution in [0.3, 0.4) is 0 Å². The predicted octanol–water partition coefficient (Wildman–Crippen LogP) is 2.86. The summed E-state index contributed by atoms with van der Waals surface area (Å²) >= 11 is 0. The zero-order valence-electron chi connectivity index (χ0n) is 17.7. The third-order valence-corrected chi connectivity index (χ3v) is 6.83. The molecule has 0 bridgehead atoms. The molecule has 5 nitrogen and oxygen atoms in total. The number of fused-ring (bicyclic) bond motifs is 2. The van der Waals surface area contributed by atoms with Crippen LogP contribution in [0.1, 0.15) is 24.0 Å². The highest BCUT2D eigenvalue weighted by Gasteiger charge is 2.51. The summed E-state index contributed by atoms with van der Waals surface area (Å²) in [6.07, 6.45) is 7.17. The van der Waals surface area contributed by atoms with Crippen LogP contribution in [0.4, 0.5) is 5.69 Å². The molecule has 2 aromatic carbocycles. The van der Waals surface area contributed by atoms with E-state index in [1.165, 1.54) is 11.1 Å². The van der Waals surface area contributed by atoms with E-state index in [0.717, 1.165) is 37.9 Å². The van der Waals surface area contributed by atoms with Crippen LogP contribution < -0.4 is 15.5 Å². The van der Waals surface area contributed by atoms with Gasteiger partial charge < -0.3 is 15.5 Å². The largest absolute Gasteiger partial charge is 0.349 e. The Labute approximate surface area is 183 Å². The molecule has 2 aromatic rings. The lowest BCUT2D eigenvalue weighted by Crippen LogP contribution is -2.46. The van der Waals surface area contributed by atoms with Crippen LogP contribution in [-0.2, 0) is 22.4 Å². The fourth-order valence-electron chi connectivity index (χ4n) is 4.94. The summed E-state index contributed by atoms with van der Waals surface area (Å²) in [7, 11) is 0. The van der Waals surface area contributed by atoms with Gasteiger partial charge in [-0.1, -0.05) is 54.6 Å². The number of anilines is 1. The topological polar surface area (TPSA) is 61.4 Å². The zero-order valence-corrected chi connectivity index (χ0v) is 17.7. The Bertz CT molecular complexity index is 987. The number of nitrogens with zero attached hydrogens (tertiary/aromatic N) is 1. The molecule has 0 spiro atoms. The van der Waals surface area contributed by atoms with Crippen molar-refractivity contribution in [3.63, 3.8) is 0 Å². The van der Waals surface area contributed by atoms with E-state index in [1.54, 1.807) is 6.08 Å². The first-order valence-corrected chi connectivity index (χ1v) is 11.3. The summed E-state index contributed by atoms with van der Waals surface area (Å²) < 4.78 is 0. The van der Waals surface area contributed by atoms with Crippen molar-refractivity contribution in [3.8, 4) is 0 Å². The van der Waals surface area contributed by atoms with Crippen LogP contribution in [-0.4, -0.2) is 37.0 Å². The van der Waals surface area contributed by atoms with E-state index in [2.05, 4.69) is 28.8 Å². The molecule has 31 heavy (non-hydrogen) atoms. The lowest BCUT2D eigenvalue weighted by molar-refractivity contribution is -0.123. The molecule has 2 N–H and O–H groups in total. The Morgan fingerprint density at radius 2 is 1.94 bits per heavy atom. The minimum Gasteiger partial charge on any atom is -0.349 e. The molecule has 2 aliphatic heterocycles. The van der Waals surface area contributed by atoms with E-state index < -0.39 is 0 Å². The average molecular weight is 416 g/mol. The van der Waals surface area contributed by atoms with Crippen LogP contribution in [0.25, 0.3) is 0 Å². The Balaban J connectivity index is 1.26. The molecule has 2 fully saturated rings. The minimum absolute atomic E-state index is 0.0230. The van der Waals surface area contributed by atoms with Gasteiger partial charge in [0.25, 0.3) is 5.91 Å². The van der Waals surface area contributed by atoms with Crippen molar-refractivity contribution in [1.82, 2.24) is 10.6 Å². The Morgan fingerprint density at radius 3 is 2.71 bits per heavy atom. The highest BCUT2D eigenvalue weighted by Crippen LogP contribution is 2.45. The van der Waals surface area contributed by atoms with E-state index in [4.69, 9.17) is 0 Å². The summed E-state index contributed by atoms with van der Waals surface area (Å²) in [4.78, 5) is 27.6. The minimum atomic E-state index is -0.172. The van der Waals surface area contributed by atoms with Gasteiger partial charge in [-0.15, -0.1) is 0 Å². The third kappa shape index (κ3) is 4.42. The molecule has 3 aliphatic rings. The number of para-hydroxylation sites is 1. The molecule has 1 unspecified atom stereocenters. The number of amides is 2. The summed E-state index contributed by atoms with van der Waals surface area (Å²) in [5, 5.41) is 6.54. The van der Waals surface area contributed by atoms with Gasteiger partial charge in [-0.25, -0.2) is 0 Å². The van der Waals surface area contributed by atoms with E-state index in [1.807, 2.05) is 47.4 Å². The number of aryl methyl sites for hydroxylation is 1. The normalized spacial score (nSPS) is 24.6. The molecule has 0 radical (unpaired) electrons. The second kappa shape index (κ2) is 8.67. The van der Waals surface area contributed by atoms with Gasteiger partial charge in [0.15, 0.2) is 0 Å². The van der Waals surface area contributed by atoms with Gasteiger partial charge in [0.1, 0.15) is 0 Å². The van der Waals surface area contributed by atoms with E-state index in [-0.39, 0.29) is 23.9 Å². The fraction of sp³-hybridized carbons (Fsp3) is 0.385. The zero-order chi connectivity index (χ0) is 21.2. The Hall–Kier alpha value is -2.92. The van der Waals surface area contributed by atoms with Gasteiger partial charge >= 0.3 is 0 Å². The highest BCUT2D eigenvalue weighted by molar-refractivity contribution is 6.03. The smallest absolute Gasteiger partial charge is 0.250 e. The van der Waals surface area contributed by atoms with Gasteiger partial charge in [0.05, 0.1) is 6.04 Å². The maximum absolute atomic E-state index is 12.9. The second-order valence-electron chi connectivity index (χ2n) is 8.91. The number of hydrogen-bond donors (Lipinski definition) is 2.